The lowest BCUT2D eigenvalue weighted by Crippen LogP contribution is -2.28. The predicted molar refractivity (Wildman–Crippen MR) is 141 cm³/mol. The average Bonchev–Trinajstić information content (AvgIpc) is 3.45. The van der Waals surface area contributed by atoms with Crippen molar-refractivity contribution in [1.29, 1.82) is 5.26 Å². The molecule has 2 aliphatic rings. The van der Waals surface area contributed by atoms with E-state index in [2.05, 4.69) is 21.7 Å². The Morgan fingerprint density at radius 3 is 2.66 bits per heavy atom. The lowest BCUT2D eigenvalue weighted by molar-refractivity contribution is -0.122. The number of amidine groups is 1. The van der Waals surface area contributed by atoms with Gasteiger partial charge in [0.2, 0.25) is 0 Å². The number of carbonyl (C=O) groups excluding carboxylic acids is 1. The second kappa shape index (κ2) is 9.48. The lowest BCUT2D eigenvalue weighted by Gasteiger charge is -2.11. The Morgan fingerprint density at radius 2 is 1.94 bits per heavy atom. The van der Waals surface area contributed by atoms with E-state index in [0.717, 1.165) is 46.8 Å². The highest BCUT2D eigenvalue weighted by Crippen LogP contribution is 2.39. The number of carbonyl (C=O) groups is 1. The number of hydrogen-bond donors (Lipinski definition) is 0. The number of aromatic nitrogens is 1. The number of nitrogens with zero attached hydrogens (tertiary/aromatic N) is 4. The number of aliphatic imine (C=N–C) groups is 1. The van der Waals surface area contributed by atoms with Gasteiger partial charge in [-0.05, 0) is 106 Å². The van der Waals surface area contributed by atoms with Crippen LogP contribution in [0.5, 0.6) is 0 Å². The second-order valence-electron chi connectivity index (χ2n) is 8.70. The molecule has 3 aromatic rings. The Hall–Kier alpha value is -3.15. The fourth-order valence-corrected chi connectivity index (χ4v) is 7.21. The number of thiophene rings is 1. The number of benzene rings is 1. The van der Waals surface area contributed by atoms with Crippen LogP contribution in [0.4, 0.5) is 10.1 Å². The number of amides is 1. The third-order valence-electron chi connectivity index (χ3n) is 6.48. The highest BCUT2D eigenvalue weighted by Gasteiger charge is 2.33. The summed E-state index contributed by atoms with van der Waals surface area (Å²) in [5, 5.41) is 11.5. The van der Waals surface area contributed by atoms with E-state index in [9.17, 15) is 14.4 Å². The molecule has 5 rings (SSSR count). The lowest BCUT2D eigenvalue weighted by atomic mass is 9.96. The number of nitriles is 1. The van der Waals surface area contributed by atoms with Crippen molar-refractivity contribution in [3.05, 3.63) is 74.0 Å². The van der Waals surface area contributed by atoms with Crippen LogP contribution < -0.4 is 0 Å². The smallest absolute Gasteiger partial charge is 0.266 e. The van der Waals surface area contributed by atoms with Crippen LogP contribution in [0.1, 0.15) is 52.7 Å². The van der Waals surface area contributed by atoms with Crippen molar-refractivity contribution in [2.45, 2.75) is 46.5 Å². The molecule has 1 saturated heterocycles. The number of likely N-dealkylation sites (N-methyl/N-ethyl adjacent to an activating group) is 1. The average molecular weight is 505 g/mol. The van der Waals surface area contributed by atoms with Crippen LogP contribution in [-0.2, 0) is 17.6 Å². The molecule has 0 radical (unpaired) electrons. The van der Waals surface area contributed by atoms with Crippen molar-refractivity contribution < 1.29 is 9.18 Å². The largest absolute Gasteiger partial charge is 0.308 e. The van der Waals surface area contributed by atoms with Crippen LogP contribution in [0.15, 0.2) is 40.2 Å². The first-order valence-corrected chi connectivity index (χ1v) is 13.3. The molecule has 35 heavy (non-hydrogen) atoms. The zero-order valence-electron chi connectivity index (χ0n) is 19.9. The van der Waals surface area contributed by atoms with Gasteiger partial charge >= 0.3 is 0 Å². The quantitative estimate of drug-likeness (QED) is 0.373. The molecule has 0 bridgehead atoms. The standard InChI is InChI=1S/C27H25FN4OS2/c1-4-31-25(33)24(35-27(31)30-20-11-9-19(28)10-12-20)14-18-13-16(2)32(17(18)3)26-22(15-29)21-7-5-6-8-23(21)34-26/h9-14H,4-8H2,1-3H3/b24-14+,30-27?. The van der Waals surface area contributed by atoms with E-state index in [0.29, 0.717) is 22.3 Å². The maximum absolute atomic E-state index is 13.3. The highest BCUT2D eigenvalue weighted by molar-refractivity contribution is 8.18. The van der Waals surface area contributed by atoms with Gasteiger partial charge in [-0.25, -0.2) is 9.38 Å². The van der Waals surface area contributed by atoms with E-state index in [-0.39, 0.29) is 11.7 Å². The fraction of sp³-hybridized carbons (Fsp3) is 0.296. The SMILES string of the molecule is CCN1C(=O)/C(=C\c2cc(C)n(-c3sc4c(c3C#N)CCCC4)c2C)SC1=Nc1ccc(F)cc1. The minimum Gasteiger partial charge on any atom is -0.308 e. The number of fused-ring (bicyclic) bond motifs is 1. The monoisotopic (exact) mass is 504 g/mol. The van der Waals surface area contributed by atoms with Crippen LogP contribution in [-0.4, -0.2) is 27.1 Å². The number of halogens is 1. The van der Waals surface area contributed by atoms with Crippen molar-refractivity contribution in [2.24, 2.45) is 4.99 Å². The van der Waals surface area contributed by atoms with Crippen molar-refractivity contribution >= 4 is 45.9 Å². The summed E-state index contributed by atoms with van der Waals surface area (Å²) in [6.45, 7) is 6.48. The van der Waals surface area contributed by atoms with E-state index >= 15 is 0 Å². The summed E-state index contributed by atoms with van der Waals surface area (Å²) >= 11 is 3.05. The molecule has 1 aromatic carbocycles. The first-order valence-electron chi connectivity index (χ1n) is 11.7. The molecule has 1 fully saturated rings. The van der Waals surface area contributed by atoms with Crippen LogP contribution in [0.25, 0.3) is 11.1 Å². The second-order valence-corrected chi connectivity index (χ2v) is 10.8. The topological polar surface area (TPSA) is 61.4 Å². The van der Waals surface area contributed by atoms with Gasteiger partial charge in [0.1, 0.15) is 16.9 Å². The highest BCUT2D eigenvalue weighted by atomic mass is 32.2. The molecule has 178 valence electrons. The molecule has 1 aliphatic heterocycles. The molecular weight excluding hydrogens is 479 g/mol. The zero-order valence-corrected chi connectivity index (χ0v) is 21.5. The molecule has 0 unspecified atom stereocenters. The molecule has 0 saturated carbocycles. The molecule has 2 aromatic heterocycles. The van der Waals surface area contributed by atoms with Crippen molar-refractivity contribution in [2.75, 3.05) is 6.54 Å². The summed E-state index contributed by atoms with van der Waals surface area (Å²) in [6, 6.07) is 10.5. The van der Waals surface area contributed by atoms with Crippen molar-refractivity contribution in [3.8, 4) is 11.1 Å². The number of thioether (sulfide) groups is 1. The molecule has 8 heteroatoms. The third kappa shape index (κ3) is 4.24. The number of rotatable bonds is 4. The van der Waals surface area contributed by atoms with Gasteiger partial charge in [0.05, 0.1) is 16.2 Å². The van der Waals surface area contributed by atoms with Gasteiger partial charge in [-0.3, -0.25) is 9.69 Å². The van der Waals surface area contributed by atoms with Gasteiger partial charge in [0.25, 0.3) is 5.91 Å². The maximum Gasteiger partial charge on any atom is 0.266 e. The number of aryl methyl sites for hydroxylation is 2. The molecule has 0 atom stereocenters. The Morgan fingerprint density at radius 1 is 1.20 bits per heavy atom. The molecule has 5 nitrogen and oxygen atoms in total. The fourth-order valence-electron chi connectivity index (χ4n) is 4.71. The Balaban J connectivity index is 1.52. The summed E-state index contributed by atoms with van der Waals surface area (Å²) in [4.78, 5) is 21.3. The van der Waals surface area contributed by atoms with Crippen molar-refractivity contribution in [1.82, 2.24) is 9.47 Å². The third-order valence-corrected chi connectivity index (χ3v) is 8.76. The van der Waals surface area contributed by atoms with Gasteiger partial charge in [0, 0.05) is 22.8 Å². The van der Waals surface area contributed by atoms with E-state index in [1.54, 1.807) is 28.4 Å². The summed E-state index contributed by atoms with van der Waals surface area (Å²) in [6.07, 6.45) is 6.24. The van der Waals surface area contributed by atoms with Gasteiger partial charge in [-0.2, -0.15) is 5.26 Å². The van der Waals surface area contributed by atoms with Gasteiger partial charge in [0.15, 0.2) is 5.17 Å². The first kappa shape index (κ1) is 23.6. The van der Waals surface area contributed by atoms with Gasteiger partial charge in [-0.1, -0.05) is 0 Å². The summed E-state index contributed by atoms with van der Waals surface area (Å²) in [5.74, 6) is -0.411. The minimum atomic E-state index is -0.321. The first-order chi connectivity index (χ1) is 16.9. The van der Waals surface area contributed by atoms with Gasteiger partial charge in [-0.15, -0.1) is 11.3 Å². The van der Waals surface area contributed by atoms with Gasteiger partial charge < -0.3 is 4.57 Å². The van der Waals surface area contributed by atoms with Crippen LogP contribution in [0, 0.1) is 31.0 Å². The zero-order chi connectivity index (χ0) is 24.7. The number of hydrogen-bond acceptors (Lipinski definition) is 5. The minimum absolute atomic E-state index is 0.0903. The Kier molecular flexibility index (Phi) is 6.39. The summed E-state index contributed by atoms with van der Waals surface area (Å²) in [5.41, 5.74) is 5.60. The molecule has 3 heterocycles. The summed E-state index contributed by atoms with van der Waals surface area (Å²) in [7, 11) is 0. The van der Waals surface area contributed by atoms with E-state index in [4.69, 9.17) is 0 Å². The van der Waals surface area contributed by atoms with Crippen LogP contribution >= 0.6 is 23.1 Å². The van der Waals surface area contributed by atoms with E-state index in [1.807, 2.05) is 26.8 Å². The molecule has 0 N–H and O–H groups in total. The Labute approximate surface area is 212 Å². The normalized spacial score (nSPS) is 17.9. The maximum atomic E-state index is 13.3. The van der Waals surface area contributed by atoms with Crippen LogP contribution in [0.3, 0.4) is 0 Å². The van der Waals surface area contributed by atoms with E-state index < -0.39 is 0 Å². The van der Waals surface area contributed by atoms with E-state index in [1.165, 1.54) is 40.8 Å². The van der Waals surface area contributed by atoms with Crippen molar-refractivity contribution in [3.63, 3.8) is 0 Å². The Bertz CT molecular complexity index is 1420. The molecule has 1 aliphatic carbocycles. The predicted octanol–water partition coefficient (Wildman–Crippen LogP) is 6.67. The van der Waals surface area contributed by atoms with Crippen LogP contribution in [0.2, 0.25) is 0 Å². The molecule has 1 amide bonds. The summed E-state index contributed by atoms with van der Waals surface area (Å²) < 4.78 is 15.4. The molecular formula is C27H25FN4OS2. The molecule has 0 spiro atoms.